The number of aromatic nitrogens is 2. The molecule has 3 aromatic rings. The number of aromatic amines is 1. The van der Waals surface area contributed by atoms with Gasteiger partial charge in [0.25, 0.3) is 0 Å². The lowest BCUT2D eigenvalue weighted by Crippen LogP contribution is -1.93. The highest BCUT2D eigenvalue weighted by atomic mass is 35.5. The fourth-order valence-electron chi connectivity index (χ4n) is 2.71. The molecular formula is C17H15ClN2O2. The van der Waals surface area contributed by atoms with E-state index < -0.39 is 0 Å². The normalized spacial score (nSPS) is 13.0. The van der Waals surface area contributed by atoms with Gasteiger partial charge in [0.05, 0.1) is 11.0 Å². The predicted molar refractivity (Wildman–Crippen MR) is 85.7 cm³/mol. The zero-order chi connectivity index (χ0) is 14.9. The Kier molecular flexibility index (Phi) is 3.39. The number of aryl methyl sites for hydroxylation is 2. The summed E-state index contributed by atoms with van der Waals surface area (Å²) in [6.45, 7) is 0.320. The van der Waals surface area contributed by atoms with Crippen molar-refractivity contribution in [3.8, 4) is 11.5 Å². The number of nitrogens with one attached hydrogen (secondary N) is 1. The van der Waals surface area contributed by atoms with Crippen LogP contribution in [0.1, 0.15) is 17.8 Å². The third kappa shape index (κ3) is 2.62. The molecule has 1 aliphatic rings. The van der Waals surface area contributed by atoms with Crippen LogP contribution in [0, 0.1) is 0 Å². The standard InChI is InChI=1S/C17H15ClN2O2/c18-12-5-6-13-14(9-12)20-17(19-13)3-1-2-11-4-7-15-16(8-11)22-10-21-15/h4-9H,1-3,10H2,(H,19,20). The lowest BCUT2D eigenvalue weighted by Gasteiger charge is -2.02. The monoisotopic (exact) mass is 314 g/mol. The number of nitrogens with zero attached hydrogens (tertiary/aromatic N) is 1. The zero-order valence-corrected chi connectivity index (χ0v) is 12.7. The Morgan fingerprint density at radius 2 is 1.95 bits per heavy atom. The zero-order valence-electron chi connectivity index (χ0n) is 11.9. The van der Waals surface area contributed by atoms with Gasteiger partial charge in [0.15, 0.2) is 11.5 Å². The smallest absolute Gasteiger partial charge is 0.231 e. The molecule has 0 atom stereocenters. The summed E-state index contributed by atoms with van der Waals surface area (Å²) in [6.07, 6.45) is 2.91. The van der Waals surface area contributed by atoms with Crippen molar-refractivity contribution in [1.29, 1.82) is 0 Å². The first-order chi connectivity index (χ1) is 10.8. The van der Waals surface area contributed by atoms with Crippen LogP contribution in [-0.2, 0) is 12.8 Å². The Labute approximate surface area is 133 Å². The van der Waals surface area contributed by atoms with Gasteiger partial charge in [-0.05, 0) is 48.7 Å². The number of hydrogen-bond acceptors (Lipinski definition) is 3. The van der Waals surface area contributed by atoms with Crippen LogP contribution in [-0.4, -0.2) is 16.8 Å². The molecule has 0 fully saturated rings. The van der Waals surface area contributed by atoms with Crippen molar-refractivity contribution >= 4 is 22.6 Å². The van der Waals surface area contributed by atoms with Crippen molar-refractivity contribution in [1.82, 2.24) is 9.97 Å². The van der Waals surface area contributed by atoms with Crippen LogP contribution in [0.4, 0.5) is 0 Å². The highest BCUT2D eigenvalue weighted by Crippen LogP contribution is 2.32. The minimum Gasteiger partial charge on any atom is -0.454 e. The average Bonchev–Trinajstić information content (AvgIpc) is 3.12. The summed E-state index contributed by atoms with van der Waals surface area (Å²) >= 11 is 5.99. The molecule has 22 heavy (non-hydrogen) atoms. The fraction of sp³-hybridized carbons (Fsp3) is 0.235. The molecule has 4 nitrogen and oxygen atoms in total. The van der Waals surface area contributed by atoms with Gasteiger partial charge in [0, 0.05) is 11.4 Å². The molecule has 0 unspecified atom stereocenters. The summed E-state index contributed by atoms with van der Waals surface area (Å²) in [4.78, 5) is 7.91. The number of halogens is 1. The van der Waals surface area contributed by atoms with E-state index in [-0.39, 0.29) is 0 Å². The van der Waals surface area contributed by atoms with E-state index in [0.29, 0.717) is 6.79 Å². The summed E-state index contributed by atoms with van der Waals surface area (Å²) < 4.78 is 10.7. The number of benzene rings is 2. The topological polar surface area (TPSA) is 47.1 Å². The molecule has 1 aliphatic heterocycles. The molecular weight excluding hydrogens is 300 g/mol. The van der Waals surface area contributed by atoms with Gasteiger partial charge in [-0.1, -0.05) is 17.7 Å². The lowest BCUT2D eigenvalue weighted by atomic mass is 10.1. The number of fused-ring (bicyclic) bond motifs is 2. The van der Waals surface area contributed by atoms with Gasteiger partial charge < -0.3 is 14.5 Å². The van der Waals surface area contributed by atoms with Gasteiger partial charge in [-0.2, -0.15) is 0 Å². The van der Waals surface area contributed by atoms with Crippen molar-refractivity contribution in [2.75, 3.05) is 6.79 Å². The number of imidazole rings is 1. The molecule has 4 rings (SSSR count). The van der Waals surface area contributed by atoms with Crippen molar-refractivity contribution in [2.24, 2.45) is 0 Å². The number of ether oxygens (including phenoxy) is 2. The molecule has 0 saturated carbocycles. The molecule has 5 heteroatoms. The van der Waals surface area contributed by atoms with E-state index in [4.69, 9.17) is 21.1 Å². The molecule has 0 radical (unpaired) electrons. The third-order valence-corrected chi connectivity index (χ3v) is 4.04. The maximum absolute atomic E-state index is 5.99. The molecule has 0 spiro atoms. The quantitative estimate of drug-likeness (QED) is 0.788. The Hall–Kier alpha value is -2.20. The van der Waals surface area contributed by atoms with Crippen LogP contribution in [0.3, 0.4) is 0 Å². The second-order valence-corrected chi connectivity index (χ2v) is 5.82. The van der Waals surface area contributed by atoms with E-state index in [9.17, 15) is 0 Å². The second-order valence-electron chi connectivity index (χ2n) is 5.39. The summed E-state index contributed by atoms with van der Waals surface area (Å²) in [5, 5.41) is 0.725. The largest absolute Gasteiger partial charge is 0.454 e. The first-order valence-electron chi connectivity index (χ1n) is 7.30. The maximum Gasteiger partial charge on any atom is 0.231 e. The third-order valence-electron chi connectivity index (χ3n) is 3.81. The number of H-pyrrole nitrogens is 1. The Morgan fingerprint density at radius 3 is 2.91 bits per heavy atom. The summed E-state index contributed by atoms with van der Waals surface area (Å²) in [6, 6.07) is 11.8. The fourth-order valence-corrected chi connectivity index (χ4v) is 2.88. The first kappa shape index (κ1) is 13.5. The van der Waals surface area contributed by atoms with Crippen molar-refractivity contribution < 1.29 is 9.47 Å². The van der Waals surface area contributed by atoms with Gasteiger partial charge in [0.2, 0.25) is 6.79 Å². The Balaban J connectivity index is 1.41. The molecule has 1 aromatic heterocycles. The van der Waals surface area contributed by atoms with Crippen LogP contribution < -0.4 is 9.47 Å². The van der Waals surface area contributed by atoms with E-state index in [2.05, 4.69) is 22.1 Å². The van der Waals surface area contributed by atoms with E-state index in [1.54, 1.807) is 0 Å². The van der Waals surface area contributed by atoms with Gasteiger partial charge in [-0.15, -0.1) is 0 Å². The van der Waals surface area contributed by atoms with E-state index >= 15 is 0 Å². The molecule has 0 saturated heterocycles. The summed E-state index contributed by atoms with van der Waals surface area (Å²) in [7, 11) is 0. The van der Waals surface area contributed by atoms with Crippen LogP contribution in [0.15, 0.2) is 36.4 Å². The summed E-state index contributed by atoms with van der Waals surface area (Å²) in [5.74, 6) is 2.67. The highest BCUT2D eigenvalue weighted by Gasteiger charge is 2.13. The molecule has 0 bridgehead atoms. The number of hydrogen-bond donors (Lipinski definition) is 1. The molecule has 0 amide bonds. The minimum absolute atomic E-state index is 0.320. The Bertz CT molecular complexity index is 829. The molecule has 2 aromatic carbocycles. The van der Waals surface area contributed by atoms with Crippen LogP contribution in [0.5, 0.6) is 11.5 Å². The average molecular weight is 315 g/mol. The lowest BCUT2D eigenvalue weighted by molar-refractivity contribution is 0.174. The van der Waals surface area contributed by atoms with Gasteiger partial charge in [-0.3, -0.25) is 0 Å². The molecule has 2 heterocycles. The summed E-state index contributed by atoms with van der Waals surface area (Å²) in [5.41, 5.74) is 3.21. The number of rotatable bonds is 4. The van der Waals surface area contributed by atoms with Gasteiger partial charge >= 0.3 is 0 Å². The van der Waals surface area contributed by atoms with Crippen LogP contribution in [0.2, 0.25) is 5.02 Å². The second kappa shape index (κ2) is 5.54. The highest BCUT2D eigenvalue weighted by molar-refractivity contribution is 6.31. The van der Waals surface area contributed by atoms with E-state index in [1.807, 2.05) is 24.3 Å². The van der Waals surface area contributed by atoms with Gasteiger partial charge in [0.1, 0.15) is 5.82 Å². The Morgan fingerprint density at radius 1 is 1.05 bits per heavy atom. The van der Waals surface area contributed by atoms with E-state index in [1.165, 1.54) is 5.56 Å². The first-order valence-corrected chi connectivity index (χ1v) is 7.68. The van der Waals surface area contributed by atoms with Gasteiger partial charge in [-0.25, -0.2) is 4.98 Å². The van der Waals surface area contributed by atoms with E-state index in [0.717, 1.165) is 52.6 Å². The SMILES string of the molecule is Clc1ccc2nc(CCCc3ccc4c(c3)OCO4)[nH]c2c1. The van der Waals surface area contributed by atoms with Crippen molar-refractivity contribution in [3.05, 3.63) is 52.8 Å². The van der Waals surface area contributed by atoms with Crippen molar-refractivity contribution in [2.45, 2.75) is 19.3 Å². The van der Waals surface area contributed by atoms with Crippen LogP contribution in [0.25, 0.3) is 11.0 Å². The maximum atomic E-state index is 5.99. The predicted octanol–water partition coefficient (Wildman–Crippen LogP) is 4.12. The molecule has 1 N–H and O–H groups in total. The minimum atomic E-state index is 0.320. The molecule has 112 valence electrons. The van der Waals surface area contributed by atoms with Crippen molar-refractivity contribution in [3.63, 3.8) is 0 Å². The van der Waals surface area contributed by atoms with Crippen LogP contribution >= 0.6 is 11.6 Å². The molecule has 0 aliphatic carbocycles.